The Morgan fingerprint density at radius 1 is 1.27 bits per heavy atom. The van der Waals surface area contributed by atoms with Gasteiger partial charge in [-0.15, -0.1) is 0 Å². The van der Waals surface area contributed by atoms with E-state index >= 15 is 0 Å². The molecule has 2 rings (SSSR count). The van der Waals surface area contributed by atoms with Gasteiger partial charge in [-0.3, -0.25) is 0 Å². The summed E-state index contributed by atoms with van der Waals surface area (Å²) in [6.45, 7) is 11.5. The molecule has 4 heteroatoms. The van der Waals surface area contributed by atoms with Crippen LogP contribution in [0.3, 0.4) is 0 Å². The minimum Gasteiger partial charge on any atom is -0.493 e. The van der Waals surface area contributed by atoms with E-state index in [-0.39, 0.29) is 17.6 Å². The minimum atomic E-state index is -0.158. The van der Waals surface area contributed by atoms with Gasteiger partial charge in [0.05, 0.1) is 31.8 Å². The van der Waals surface area contributed by atoms with Gasteiger partial charge in [0.25, 0.3) is 0 Å². The van der Waals surface area contributed by atoms with Crippen LogP contribution in [0.1, 0.15) is 33.3 Å². The smallest absolute Gasteiger partial charge is 0.119 e. The molecular formula is C18H29NO3. The van der Waals surface area contributed by atoms with Crippen LogP contribution in [0.25, 0.3) is 0 Å². The Hall–Kier alpha value is -1.10. The summed E-state index contributed by atoms with van der Waals surface area (Å²) in [5.74, 6) is 1.43. The van der Waals surface area contributed by atoms with E-state index in [1.807, 2.05) is 12.1 Å². The molecule has 22 heavy (non-hydrogen) atoms. The third kappa shape index (κ3) is 4.22. The van der Waals surface area contributed by atoms with E-state index in [4.69, 9.17) is 9.47 Å². The standard InChI is InChI=1S/C18H29NO3/c1-14(2)9-22-16-7-5-15(6-8-16)17(3,4)19-10-18(11-20)12-21-13-18/h5-8,14,19-20H,9-13H2,1-4H3. The van der Waals surface area contributed by atoms with E-state index in [0.717, 1.165) is 18.9 Å². The molecule has 0 unspecified atom stereocenters. The zero-order valence-electron chi connectivity index (χ0n) is 14.2. The molecule has 124 valence electrons. The Morgan fingerprint density at radius 3 is 2.36 bits per heavy atom. The fraction of sp³-hybridized carbons (Fsp3) is 0.667. The summed E-state index contributed by atoms with van der Waals surface area (Å²) in [4.78, 5) is 0. The van der Waals surface area contributed by atoms with Crippen molar-refractivity contribution in [3.8, 4) is 5.75 Å². The molecule has 0 aromatic heterocycles. The van der Waals surface area contributed by atoms with Crippen molar-refractivity contribution in [3.63, 3.8) is 0 Å². The van der Waals surface area contributed by atoms with Crippen molar-refractivity contribution in [2.45, 2.75) is 33.2 Å². The summed E-state index contributed by atoms with van der Waals surface area (Å²) in [6.07, 6.45) is 0. The highest BCUT2D eigenvalue weighted by molar-refractivity contribution is 5.31. The third-order valence-corrected chi connectivity index (χ3v) is 4.22. The van der Waals surface area contributed by atoms with Crippen molar-refractivity contribution < 1.29 is 14.6 Å². The number of rotatable bonds is 8. The molecule has 0 amide bonds. The normalized spacial score (nSPS) is 17.4. The van der Waals surface area contributed by atoms with Gasteiger partial charge in [-0.1, -0.05) is 26.0 Å². The first-order chi connectivity index (χ1) is 10.4. The molecule has 1 heterocycles. The van der Waals surface area contributed by atoms with Gasteiger partial charge in [0.1, 0.15) is 5.75 Å². The van der Waals surface area contributed by atoms with Gasteiger partial charge >= 0.3 is 0 Å². The lowest BCUT2D eigenvalue weighted by atomic mass is 9.85. The zero-order valence-corrected chi connectivity index (χ0v) is 14.2. The molecule has 0 bridgehead atoms. The molecule has 4 nitrogen and oxygen atoms in total. The highest BCUT2D eigenvalue weighted by Crippen LogP contribution is 2.29. The minimum absolute atomic E-state index is 0.114. The zero-order chi connectivity index (χ0) is 16.2. The maximum absolute atomic E-state index is 9.51. The van der Waals surface area contributed by atoms with Gasteiger partial charge in [0, 0.05) is 12.1 Å². The number of hydrogen-bond acceptors (Lipinski definition) is 4. The molecule has 1 aromatic rings. The molecule has 1 aliphatic heterocycles. The molecule has 1 aromatic carbocycles. The van der Waals surface area contributed by atoms with Gasteiger partial charge < -0.3 is 19.9 Å². The number of nitrogens with one attached hydrogen (secondary N) is 1. The Morgan fingerprint density at radius 2 is 1.91 bits per heavy atom. The summed E-state index contributed by atoms with van der Waals surface area (Å²) in [5.41, 5.74) is 0.934. The largest absolute Gasteiger partial charge is 0.493 e. The summed E-state index contributed by atoms with van der Waals surface area (Å²) in [6, 6.07) is 8.25. The fourth-order valence-electron chi connectivity index (χ4n) is 2.38. The van der Waals surface area contributed by atoms with E-state index in [1.54, 1.807) is 0 Å². The van der Waals surface area contributed by atoms with Crippen molar-refractivity contribution in [1.82, 2.24) is 5.32 Å². The van der Waals surface area contributed by atoms with Crippen LogP contribution >= 0.6 is 0 Å². The Labute approximate surface area is 133 Å². The number of benzene rings is 1. The lowest BCUT2D eigenvalue weighted by Gasteiger charge is -2.42. The summed E-state index contributed by atoms with van der Waals surface area (Å²) < 4.78 is 11.0. The topological polar surface area (TPSA) is 50.7 Å². The lowest BCUT2D eigenvalue weighted by Crippen LogP contribution is -2.55. The maximum Gasteiger partial charge on any atom is 0.119 e. The quantitative estimate of drug-likeness (QED) is 0.775. The van der Waals surface area contributed by atoms with Crippen LogP contribution in [-0.4, -0.2) is 38.1 Å². The van der Waals surface area contributed by atoms with Crippen LogP contribution in [0, 0.1) is 11.3 Å². The van der Waals surface area contributed by atoms with E-state index in [0.29, 0.717) is 19.1 Å². The van der Waals surface area contributed by atoms with Crippen LogP contribution in [0.5, 0.6) is 5.75 Å². The number of aliphatic hydroxyl groups is 1. The average molecular weight is 307 g/mol. The number of aliphatic hydroxyl groups excluding tert-OH is 1. The van der Waals surface area contributed by atoms with E-state index in [2.05, 4.69) is 45.1 Å². The average Bonchev–Trinajstić information content (AvgIpc) is 2.45. The van der Waals surface area contributed by atoms with E-state index in [1.165, 1.54) is 5.56 Å². The summed E-state index contributed by atoms with van der Waals surface area (Å²) in [5, 5.41) is 13.1. The molecule has 1 saturated heterocycles. The second kappa shape index (κ2) is 6.99. The lowest BCUT2D eigenvalue weighted by molar-refractivity contribution is -0.136. The molecule has 0 saturated carbocycles. The van der Waals surface area contributed by atoms with Gasteiger partial charge in [-0.2, -0.15) is 0 Å². The van der Waals surface area contributed by atoms with Gasteiger partial charge in [-0.05, 0) is 37.5 Å². The maximum atomic E-state index is 9.51. The predicted octanol–water partition coefficient (Wildman–Crippen LogP) is 2.56. The first kappa shape index (κ1) is 17.3. The molecule has 1 fully saturated rings. The predicted molar refractivity (Wildman–Crippen MR) is 88.1 cm³/mol. The molecule has 0 radical (unpaired) electrons. The van der Waals surface area contributed by atoms with Crippen molar-refractivity contribution in [3.05, 3.63) is 29.8 Å². The van der Waals surface area contributed by atoms with Crippen LogP contribution in [0.4, 0.5) is 0 Å². The van der Waals surface area contributed by atoms with Crippen molar-refractivity contribution in [2.24, 2.45) is 11.3 Å². The van der Waals surface area contributed by atoms with Crippen molar-refractivity contribution >= 4 is 0 Å². The van der Waals surface area contributed by atoms with E-state index in [9.17, 15) is 5.11 Å². The molecule has 1 aliphatic rings. The fourth-order valence-corrected chi connectivity index (χ4v) is 2.38. The highest BCUT2D eigenvalue weighted by atomic mass is 16.5. The Bertz CT molecular complexity index is 458. The van der Waals surface area contributed by atoms with Gasteiger partial charge in [0.2, 0.25) is 0 Å². The third-order valence-electron chi connectivity index (χ3n) is 4.22. The molecule has 0 spiro atoms. The Balaban J connectivity index is 1.93. The molecular weight excluding hydrogens is 278 g/mol. The summed E-state index contributed by atoms with van der Waals surface area (Å²) >= 11 is 0. The van der Waals surface area contributed by atoms with Gasteiger partial charge in [-0.25, -0.2) is 0 Å². The first-order valence-corrected chi connectivity index (χ1v) is 8.04. The Kier molecular flexibility index (Phi) is 5.48. The molecule has 2 N–H and O–H groups in total. The van der Waals surface area contributed by atoms with Crippen LogP contribution in [0.15, 0.2) is 24.3 Å². The van der Waals surface area contributed by atoms with Crippen molar-refractivity contribution in [2.75, 3.05) is 33.0 Å². The van der Waals surface area contributed by atoms with E-state index < -0.39 is 0 Å². The molecule has 0 aliphatic carbocycles. The SMILES string of the molecule is CC(C)COc1ccc(C(C)(C)NCC2(CO)COC2)cc1. The monoisotopic (exact) mass is 307 g/mol. The van der Waals surface area contributed by atoms with Gasteiger partial charge in [0.15, 0.2) is 0 Å². The van der Waals surface area contributed by atoms with Crippen LogP contribution in [0.2, 0.25) is 0 Å². The summed E-state index contributed by atoms with van der Waals surface area (Å²) in [7, 11) is 0. The van der Waals surface area contributed by atoms with Crippen LogP contribution < -0.4 is 10.1 Å². The first-order valence-electron chi connectivity index (χ1n) is 8.04. The second-order valence-corrected chi connectivity index (χ2v) is 7.36. The number of ether oxygens (including phenoxy) is 2. The van der Waals surface area contributed by atoms with Crippen molar-refractivity contribution in [1.29, 1.82) is 0 Å². The van der Waals surface area contributed by atoms with Crippen LogP contribution in [-0.2, 0) is 10.3 Å². The molecule has 0 atom stereocenters. The second-order valence-electron chi connectivity index (χ2n) is 7.36. The number of hydrogen-bond donors (Lipinski definition) is 2. The highest BCUT2D eigenvalue weighted by Gasteiger charge is 2.39.